The first kappa shape index (κ1) is 32.8. The monoisotopic (exact) mass is 616 g/mol. The van der Waals surface area contributed by atoms with Gasteiger partial charge in [0.15, 0.2) is 11.5 Å². The average molecular weight is 617 g/mol. The van der Waals surface area contributed by atoms with E-state index in [1.807, 2.05) is 12.1 Å². The lowest BCUT2D eigenvalue weighted by atomic mass is 9.95. The van der Waals surface area contributed by atoms with E-state index in [1.54, 1.807) is 57.7 Å². The molecular weight excluding hydrogens is 576 g/mol. The quantitative estimate of drug-likeness (QED) is 0.203. The third-order valence-corrected chi connectivity index (χ3v) is 7.77. The maximum absolute atomic E-state index is 13.4. The van der Waals surface area contributed by atoms with Gasteiger partial charge in [0.05, 0.1) is 33.1 Å². The molecule has 238 valence electrons. The fourth-order valence-electron chi connectivity index (χ4n) is 5.61. The molecule has 1 aliphatic carbocycles. The van der Waals surface area contributed by atoms with Gasteiger partial charge in [-0.25, -0.2) is 0 Å². The molecular formula is C34H40N4O7. The molecule has 1 atom stereocenters. The predicted molar refractivity (Wildman–Crippen MR) is 173 cm³/mol. The van der Waals surface area contributed by atoms with Crippen LogP contribution in [0.1, 0.15) is 66.6 Å². The summed E-state index contributed by atoms with van der Waals surface area (Å²) < 4.78 is 17.1. The van der Waals surface area contributed by atoms with Gasteiger partial charge in [0, 0.05) is 36.7 Å². The Hall–Kier alpha value is -5.06. The number of fused-ring (bicyclic) bond motifs is 3. The van der Waals surface area contributed by atoms with E-state index in [0.29, 0.717) is 72.0 Å². The van der Waals surface area contributed by atoms with E-state index < -0.39 is 5.91 Å². The number of ether oxygens (including phenoxy) is 3. The van der Waals surface area contributed by atoms with E-state index >= 15 is 0 Å². The minimum Gasteiger partial charge on any atom is -0.493 e. The van der Waals surface area contributed by atoms with Crippen LogP contribution in [0.3, 0.4) is 0 Å². The molecule has 11 heteroatoms. The second-order valence-electron chi connectivity index (χ2n) is 10.8. The van der Waals surface area contributed by atoms with Crippen molar-refractivity contribution in [3.8, 4) is 28.4 Å². The second-order valence-corrected chi connectivity index (χ2v) is 10.8. The van der Waals surface area contributed by atoms with Crippen molar-refractivity contribution in [2.24, 2.45) is 5.73 Å². The van der Waals surface area contributed by atoms with E-state index in [-0.39, 0.29) is 23.3 Å². The summed E-state index contributed by atoms with van der Waals surface area (Å²) in [5.41, 5.74) is 9.67. The molecule has 0 heterocycles. The average Bonchev–Trinajstić information content (AvgIpc) is 3.26. The van der Waals surface area contributed by atoms with Gasteiger partial charge < -0.3 is 35.9 Å². The maximum Gasteiger partial charge on any atom is 0.248 e. The Morgan fingerprint density at radius 3 is 2.29 bits per heavy atom. The molecule has 0 saturated heterocycles. The van der Waals surface area contributed by atoms with Crippen LogP contribution in [-0.4, -0.2) is 45.6 Å². The lowest BCUT2D eigenvalue weighted by molar-refractivity contribution is -0.119. The molecule has 3 aromatic rings. The number of hydrogen-bond acceptors (Lipinski definition) is 8. The number of aryl methyl sites for hydroxylation is 1. The van der Waals surface area contributed by atoms with Crippen LogP contribution in [0, 0.1) is 0 Å². The van der Waals surface area contributed by atoms with E-state index in [4.69, 9.17) is 19.9 Å². The molecule has 0 radical (unpaired) electrons. The highest BCUT2D eigenvalue weighted by Gasteiger charge is 2.29. The Balaban J connectivity index is 1.47. The van der Waals surface area contributed by atoms with Crippen LogP contribution in [0.15, 0.2) is 53.3 Å². The Morgan fingerprint density at radius 2 is 1.64 bits per heavy atom. The van der Waals surface area contributed by atoms with Gasteiger partial charge in [0.1, 0.15) is 0 Å². The van der Waals surface area contributed by atoms with E-state index in [9.17, 15) is 19.2 Å². The Labute approximate surface area is 262 Å². The molecule has 0 bridgehead atoms. The van der Waals surface area contributed by atoms with Gasteiger partial charge in [-0.05, 0) is 84.8 Å². The molecule has 0 aliphatic heterocycles. The summed E-state index contributed by atoms with van der Waals surface area (Å²) >= 11 is 0. The van der Waals surface area contributed by atoms with Crippen molar-refractivity contribution in [2.75, 3.05) is 38.5 Å². The van der Waals surface area contributed by atoms with E-state index in [0.717, 1.165) is 29.5 Å². The lowest BCUT2D eigenvalue weighted by Gasteiger charge is -2.19. The van der Waals surface area contributed by atoms with Crippen molar-refractivity contribution in [1.29, 1.82) is 0 Å². The zero-order valence-corrected chi connectivity index (χ0v) is 26.1. The summed E-state index contributed by atoms with van der Waals surface area (Å²) in [5, 5.41) is 9.07. The molecule has 0 spiro atoms. The molecule has 1 unspecified atom stereocenters. The molecule has 3 aromatic carbocycles. The molecule has 0 saturated carbocycles. The highest BCUT2D eigenvalue weighted by Crippen LogP contribution is 2.50. The number of anilines is 2. The molecule has 0 fully saturated rings. The number of nitrogens with one attached hydrogen (secondary N) is 3. The first-order valence-corrected chi connectivity index (χ1v) is 14.9. The summed E-state index contributed by atoms with van der Waals surface area (Å²) in [7, 11) is 4.68. The van der Waals surface area contributed by atoms with Gasteiger partial charge in [0.25, 0.3) is 0 Å². The molecule has 4 rings (SSSR count). The van der Waals surface area contributed by atoms with Gasteiger partial charge >= 0.3 is 0 Å². The Kier molecular flexibility index (Phi) is 11.0. The Bertz CT molecular complexity index is 1620. The number of rotatable bonds is 13. The minimum absolute atomic E-state index is 0.119. The first-order chi connectivity index (χ1) is 21.7. The minimum atomic E-state index is -0.522. The highest BCUT2D eigenvalue weighted by atomic mass is 16.5. The lowest BCUT2D eigenvalue weighted by Crippen LogP contribution is -2.26. The van der Waals surface area contributed by atoms with Crippen molar-refractivity contribution in [3.63, 3.8) is 0 Å². The topological polar surface area (TPSA) is 158 Å². The van der Waals surface area contributed by atoms with Crippen LogP contribution in [0.25, 0.3) is 11.1 Å². The summed E-state index contributed by atoms with van der Waals surface area (Å²) in [6.45, 7) is 2.00. The number of benzene rings is 2. The van der Waals surface area contributed by atoms with Gasteiger partial charge in [0.2, 0.25) is 28.9 Å². The number of carbonyl (C=O) groups excluding carboxylic acids is 3. The number of primary amides is 1. The zero-order chi connectivity index (χ0) is 32.5. The SMILES string of the molecule is COc1cc2c(c(OC)c1OC)-c1ccc(NCCCCCC(=O)Nc3ccc(C(N)=O)cc3)c(=O)cc1C(NC(C)=O)CC2. The third-order valence-electron chi connectivity index (χ3n) is 7.77. The first-order valence-electron chi connectivity index (χ1n) is 14.9. The molecule has 0 aromatic heterocycles. The van der Waals surface area contributed by atoms with Crippen LogP contribution in [-0.2, 0) is 16.0 Å². The van der Waals surface area contributed by atoms with E-state index in [2.05, 4.69) is 16.0 Å². The number of methoxy groups -OCH3 is 3. The van der Waals surface area contributed by atoms with Crippen LogP contribution in [0.4, 0.5) is 11.4 Å². The molecule has 5 N–H and O–H groups in total. The standard InChI is InChI=1S/C34H40N4O7/c1-20(39)37-26-15-11-22-18-29(43-2)32(44-3)33(45-4)31(22)24-14-16-27(28(40)19-25(24)26)36-17-7-5-6-8-30(41)38-23-12-9-21(10-13-23)34(35)42/h9-10,12-14,16,18-19,26H,5-8,11,15,17H2,1-4H3,(H2,35,42)(H,36,40)(H,37,39)(H,38,41). The second kappa shape index (κ2) is 15.1. The van der Waals surface area contributed by atoms with Gasteiger partial charge in [-0.1, -0.05) is 12.5 Å². The van der Waals surface area contributed by atoms with Crippen LogP contribution in [0.5, 0.6) is 17.2 Å². The summed E-state index contributed by atoms with van der Waals surface area (Å²) in [4.78, 5) is 49.1. The number of nitrogens with two attached hydrogens (primary N) is 1. The molecule has 11 nitrogen and oxygen atoms in total. The van der Waals surface area contributed by atoms with Crippen molar-refractivity contribution in [3.05, 3.63) is 75.4 Å². The third kappa shape index (κ3) is 7.91. The summed E-state index contributed by atoms with van der Waals surface area (Å²) in [6, 6.07) is 13.2. The predicted octanol–water partition coefficient (Wildman–Crippen LogP) is 4.57. The van der Waals surface area contributed by atoms with Crippen molar-refractivity contribution in [1.82, 2.24) is 5.32 Å². The number of amides is 3. The smallest absolute Gasteiger partial charge is 0.248 e. The van der Waals surface area contributed by atoms with Crippen LogP contribution < -0.4 is 41.3 Å². The summed E-state index contributed by atoms with van der Waals surface area (Å²) in [5.74, 6) is 0.654. The maximum atomic E-state index is 13.4. The normalized spacial score (nSPS) is 13.4. The van der Waals surface area contributed by atoms with Crippen LogP contribution in [0.2, 0.25) is 0 Å². The zero-order valence-electron chi connectivity index (χ0n) is 26.1. The molecule has 1 aliphatic rings. The fraction of sp³-hybridized carbons (Fsp3) is 0.353. The number of carbonyl (C=O) groups is 3. The van der Waals surface area contributed by atoms with Gasteiger partial charge in [-0.15, -0.1) is 0 Å². The van der Waals surface area contributed by atoms with Crippen molar-refractivity contribution < 1.29 is 28.6 Å². The van der Waals surface area contributed by atoms with Crippen LogP contribution >= 0.6 is 0 Å². The largest absolute Gasteiger partial charge is 0.493 e. The van der Waals surface area contributed by atoms with Crippen molar-refractivity contribution in [2.45, 2.75) is 51.5 Å². The molecule has 3 amide bonds. The van der Waals surface area contributed by atoms with Gasteiger partial charge in [-0.2, -0.15) is 0 Å². The highest BCUT2D eigenvalue weighted by molar-refractivity contribution is 5.94. The van der Waals surface area contributed by atoms with Gasteiger partial charge in [-0.3, -0.25) is 19.2 Å². The fourth-order valence-corrected chi connectivity index (χ4v) is 5.61. The Morgan fingerprint density at radius 1 is 0.911 bits per heavy atom. The molecule has 45 heavy (non-hydrogen) atoms. The van der Waals surface area contributed by atoms with E-state index in [1.165, 1.54) is 6.92 Å². The number of unbranched alkanes of at least 4 members (excludes halogenated alkanes) is 2. The number of hydrogen-bond donors (Lipinski definition) is 4. The van der Waals surface area contributed by atoms with Crippen molar-refractivity contribution >= 4 is 29.1 Å². The summed E-state index contributed by atoms with van der Waals surface area (Å²) in [6.07, 6.45) is 3.75.